The van der Waals surface area contributed by atoms with Crippen LogP contribution in [0.2, 0.25) is 0 Å². The van der Waals surface area contributed by atoms with Crippen molar-refractivity contribution in [2.45, 2.75) is 25.9 Å². The van der Waals surface area contributed by atoms with E-state index in [4.69, 9.17) is 9.84 Å². The van der Waals surface area contributed by atoms with Gasteiger partial charge < -0.3 is 9.84 Å². The highest BCUT2D eigenvalue weighted by atomic mass is 16.5. The third kappa shape index (κ3) is 2.14. The van der Waals surface area contributed by atoms with Crippen molar-refractivity contribution in [3.63, 3.8) is 0 Å². The third-order valence-corrected chi connectivity index (χ3v) is 3.02. The van der Waals surface area contributed by atoms with Crippen LogP contribution in [0.25, 0.3) is 0 Å². The minimum Gasteiger partial charge on any atom is -0.478 e. The number of ketones is 1. The zero-order valence-electron chi connectivity index (χ0n) is 10.1. The Bertz CT molecular complexity index is 531. The van der Waals surface area contributed by atoms with Crippen LogP contribution in [-0.2, 0) is 11.2 Å². The number of ether oxygens (including phenoxy) is 1. The van der Waals surface area contributed by atoms with E-state index in [-0.39, 0.29) is 5.78 Å². The topological polar surface area (TPSA) is 63.6 Å². The first-order valence-corrected chi connectivity index (χ1v) is 5.77. The fraction of sp³-hybridized carbons (Fsp3) is 0.286. The standard InChI is InChI=1S/C14H14O4/c1-3-8(2)13(15)9-4-5-11-10(6-9)7-12(18-11)14(16)17/h4-6,12H,2-3,7H2,1H3,(H,16,17). The summed E-state index contributed by atoms with van der Waals surface area (Å²) in [5.74, 6) is -0.544. The second-order valence-electron chi connectivity index (χ2n) is 4.26. The number of aliphatic carboxylic acids is 1. The molecule has 1 aromatic carbocycles. The highest BCUT2D eigenvalue weighted by Gasteiger charge is 2.29. The number of carbonyl (C=O) groups is 2. The van der Waals surface area contributed by atoms with E-state index in [1.54, 1.807) is 18.2 Å². The molecule has 0 bridgehead atoms. The molecule has 4 heteroatoms. The van der Waals surface area contributed by atoms with Crippen LogP contribution in [0.4, 0.5) is 0 Å². The van der Waals surface area contributed by atoms with Gasteiger partial charge in [0.15, 0.2) is 11.9 Å². The summed E-state index contributed by atoms with van der Waals surface area (Å²) in [7, 11) is 0. The van der Waals surface area contributed by atoms with Crippen LogP contribution in [-0.4, -0.2) is 23.0 Å². The molecular weight excluding hydrogens is 232 g/mol. The summed E-state index contributed by atoms with van der Waals surface area (Å²) in [6.45, 7) is 5.58. The van der Waals surface area contributed by atoms with Gasteiger partial charge in [0.25, 0.3) is 0 Å². The summed E-state index contributed by atoms with van der Waals surface area (Å²) in [6, 6.07) is 4.99. The maximum Gasteiger partial charge on any atom is 0.345 e. The van der Waals surface area contributed by atoms with Crippen LogP contribution in [0.5, 0.6) is 5.75 Å². The summed E-state index contributed by atoms with van der Waals surface area (Å²) in [5.41, 5.74) is 1.84. The summed E-state index contributed by atoms with van der Waals surface area (Å²) in [4.78, 5) is 22.8. The van der Waals surface area contributed by atoms with Gasteiger partial charge >= 0.3 is 5.97 Å². The summed E-state index contributed by atoms with van der Waals surface area (Å²) < 4.78 is 5.26. The monoisotopic (exact) mass is 246 g/mol. The van der Waals surface area contributed by atoms with Crippen molar-refractivity contribution in [1.82, 2.24) is 0 Å². The number of carbonyl (C=O) groups excluding carboxylic acids is 1. The molecular formula is C14H14O4. The fourth-order valence-electron chi connectivity index (χ4n) is 1.89. The number of carboxylic acids is 1. The van der Waals surface area contributed by atoms with Crippen molar-refractivity contribution < 1.29 is 19.4 Å². The van der Waals surface area contributed by atoms with Crippen molar-refractivity contribution in [3.05, 3.63) is 41.5 Å². The highest BCUT2D eigenvalue weighted by molar-refractivity contribution is 6.08. The van der Waals surface area contributed by atoms with Crippen LogP contribution >= 0.6 is 0 Å². The van der Waals surface area contributed by atoms with Gasteiger partial charge in [-0.3, -0.25) is 4.79 Å². The van der Waals surface area contributed by atoms with Gasteiger partial charge in [-0.15, -0.1) is 0 Å². The Morgan fingerprint density at radius 1 is 1.50 bits per heavy atom. The number of hydrogen-bond donors (Lipinski definition) is 1. The molecule has 0 saturated heterocycles. The van der Waals surface area contributed by atoms with Gasteiger partial charge in [-0.1, -0.05) is 13.5 Å². The molecule has 1 unspecified atom stereocenters. The lowest BCUT2D eigenvalue weighted by molar-refractivity contribution is -0.144. The van der Waals surface area contributed by atoms with Crippen LogP contribution < -0.4 is 4.74 Å². The first-order valence-electron chi connectivity index (χ1n) is 5.77. The molecule has 1 aliphatic heterocycles. The Morgan fingerprint density at radius 3 is 2.83 bits per heavy atom. The smallest absolute Gasteiger partial charge is 0.345 e. The Hall–Kier alpha value is -2.10. The third-order valence-electron chi connectivity index (χ3n) is 3.02. The van der Waals surface area contributed by atoms with Crippen molar-refractivity contribution in [1.29, 1.82) is 0 Å². The van der Waals surface area contributed by atoms with E-state index in [2.05, 4.69) is 6.58 Å². The largest absolute Gasteiger partial charge is 0.478 e. The lowest BCUT2D eigenvalue weighted by atomic mass is 9.99. The van der Waals surface area contributed by atoms with Crippen molar-refractivity contribution in [2.24, 2.45) is 0 Å². The lowest BCUT2D eigenvalue weighted by Gasteiger charge is -2.05. The molecule has 1 aliphatic rings. The highest BCUT2D eigenvalue weighted by Crippen LogP contribution is 2.30. The van der Waals surface area contributed by atoms with E-state index in [0.29, 0.717) is 29.7 Å². The van der Waals surface area contributed by atoms with Crippen molar-refractivity contribution in [2.75, 3.05) is 0 Å². The maximum absolute atomic E-state index is 11.9. The van der Waals surface area contributed by atoms with E-state index in [1.807, 2.05) is 6.92 Å². The van der Waals surface area contributed by atoms with Gasteiger partial charge in [-0.2, -0.15) is 0 Å². The number of fused-ring (bicyclic) bond motifs is 1. The van der Waals surface area contributed by atoms with Gasteiger partial charge in [-0.25, -0.2) is 4.79 Å². The molecule has 0 fully saturated rings. The molecule has 1 atom stereocenters. The predicted molar refractivity (Wildman–Crippen MR) is 66.0 cm³/mol. The number of benzene rings is 1. The summed E-state index contributed by atoms with van der Waals surface area (Å²) in [6.07, 6.45) is 0.0499. The van der Waals surface area contributed by atoms with Crippen molar-refractivity contribution >= 4 is 11.8 Å². The summed E-state index contributed by atoms with van der Waals surface area (Å²) >= 11 is 0. The Balaban J connectivity index is 2.26. The molecule has 0 amide bonds. The zero-order valence-corrected chi connectivity index (χ0v) is 10.1. The Morgan fingerprint density at radius 2 is 2.22 bits per heavy atom. The van der Waals surface area contributed by atoms with Crippen LogP contribution in [0, 0.1) is 0 Å². The van der Waals surface area contributed by atoms with E-state index in [9.17, 15) is 9.59 Å². The first-order chi connectivity index (χ1) is 8.52. The molecule has 94 valence electrons. The zero-order chi connectivity index (χ0) is 13.3. The predicted octanol–water partition coefficient (Wildman–Crippen LogP) is 2.22. The maximum atomic E-state index is 11.9. The molecule has 4 nitrogen and oxygen atoms in total. The molecule has 2 rings (SSSR count). The molecule has 0 spiro atoms. The fourth-order valence-corrected chi connectivity index (χ4v) is 1.89. The number of Topliss-reactive ketones (excluding diaryl/α,β-unsaturated/α-hetero) is 1. The summed E-state index contributed by atoms with van der Waals surface area (Å²) in [5, 5.41) is 8.88. The average Bonchev–Trinajstić information content (AvgIpc) is 2.79. The number of carboxylic acid groups (broad SMARTS) is 1. The number of hydrogen-bond acceptors (Lipinski definition) is 3. The van der Waals surface area contributed by atoms with Gasteiger partial charge in [-0.05, 0) is 35.8 Å². The second kappa shape index (κ2) is 4.64. The molecule has 1 N–H and O–H groups in total. The van der Waals surface area contributed by atoms with E-state index in [1.165, 1.54) is 0 Å². The number of rotatable bonds is 4. The second-order valence-corrected chi connectivity index (χ2v) is 4.26. The van der Waals surface area contributed by atoms with E-state index >= 15 is 0 Å². The average molecular weight is 246 g/mol. The Kier molecular flexibility index (Phi) is 3.19. The van der Waals surface area contributed by atoms with Gasteiger partial charge in [0.1, 0.15) is 5.75 Å². The first kappa shape index (κ1) is 12.4. The van der Waals surface area contributed by atoms with Crippen LogP contribution in [0.15, 0.2) is 30.4 Å². The van der Waals surface area contributed by atoms with Crippen LogP contribution in [0.3, 0.4) is 0 Å². The van der Waals surface area contributed by atoms with Gasteiger partial charge in [0, 0.05) is 12.0 Å². The molecule has 0 aromatic heterocycles. The molecule has 0 aliphatic carbocycles. The van der Waals surface area contributed by atoms with Crippen LogP contribution in [0.1, 0.15) is 29.3 Å². The normalized spacial score (nSPS) is 16.8. The van der Waals surface area contributed by atoms with E-state index < -0.39 is 12.1 Å². The van der Waals surface area contributed by atoms with E-state index in [0.717, 1.165) is 5.56 Å². The minimum absolute atomic E-state index is 0.0981. The number of allylic oxidation sites excluding steroid dienone is 1. The molecule has 0 radical (unpaired) electrons. The Labute approximate surface area is 105 Å². The minimum atomic E-state index is -0.989. The van der Waals surface area contributed by atoms with Gasteiger partial charge in [0.05, 0.1) is 0 Å². The van der Waals surface area contributed by atoms with Gasteiger partial charge in [0.2, 0.25) is 0 Å². The SMILES string of the molecule is C=C(CC)C(=O)c1ccc2c(c1)CC(C(=O)O)O2. The molecule has 0 saturated carbocycles. The van der Waals surface area contributed by atoms with Crippen molar-refractivity contribution in [3.8, 4) is 5.75 Å². The quantitative estimate of drug-likeness (QED) is 0.653. The lowest BCUT2D eigenvalue weighted by Crippen LogP contribution is -2.24. The molecule has 18 heavy (non-hydrogen) atoms. The molecule has 1 heterocycles. The molecule has 1 aromatic rings.